The molecular formula is C19H23BrN6O2. The van der Waals surface area contributed by atoms with E-state index in [2.05, 4.69) is 50.2 Å². The predicted molar refractivity (Wildman–Crippen MR) is 115 cm³/mol. The number of ether oxygens (including phenoxy) is 1. The van der Waals surface area contributed by atoms with Gasteiger partial charge in [0.1, 0.15) is 22.5 Å². The van der Waals surface area contributed by atoms with E-state index in [-0.39, 0.29) is 5.91 Å². The first-order valence-electron chi connectivity index (χ1n) is 8.94. The molecule has 0 radical (unpaired) electrons. The molecule has 2 aromatic carbocycles. The lowest BCUT2D eigenvalue weighted by molar-refractivity contribution is -0.114. The van der Waals surface area contributed by atoms with E-state index >= 15 is 0 Å². The Morgan fingerprint density at radius 3 is 2.57 bits per heavy atom. The largest absolute Gasteiger partial charge is 0.494 e. The predicted octanol–water partition coefficient (Wildman–Crippen LogP) is 3.58. The fourth-order valence-corrected chi connectivity index (χ4v) is 3.64. The third-order valence-electron chi connectivity index (χ3n) is 4.39. The number of nitrogens with one attached hydrogen (secondary N) is 1. The maximum atomic E-state index is 11.8. The van der Waals surface area contributed by atoms with Crippen LogP contribution in [-0.4, -0.2) is 41.1 Å². The smallest absolute Gasteiger partial charge is 0.221 e. The number of carbonyl (C=O) groups is 1. The SMILES string of the molecule is CCN(CC)c1cc(NC(C)=O)c(-n2nc3cc(N)cc(Br)c3n2)cc1OC. The third kappa shape index (κ3) is 3.75. The summed E-state index contributed by atoms with van der Waals surface area (Å²) in [5, 5.41) is 12.0. The van der Waals surface area contributed by atoms with E-state index in [0.29, 0.717) is 33.8 Å². The molecule has 1 aromatic heterocycles. The second-order valence-electron chi connectivity index (χ2n) is 6.25. The summed E-state index contributed by atoms with van der Waals surface area (Å²) in [6.45, 7) is 7.22. The van der Waals surface area contributed by atoms with Crippen LogP contribution >= 0.6 is 15.9 Å². The van der Waals surface area contributed by atoms with Gasteiger partial charge in [-0.2, -0.15) is 0 Å². The molecule has 9 heteroatoms. The Bertz CT molecular complexity index is 1030. The maximum Gasteiger partial charge on any atom is 0.221 e. The van der Waals surface area contributed by atoms with Gasteiger partial charge in [-0.05, 0) is 48.0 Å². The van der Waals surface area contributed by atoms with E-state index in [9.17, 15) is 4.79 Å². The molecule has 0 spiro atoms. The fourth-order valence-electron chi connectivity index (χ4n) is 3.09. The number of nitrogens with two attached hydrogens (primary N) is 1. The van der Waals surface area contributed by atoms with Crippen molar-refractivity contribution in [1.29, 1.82) is 0 Å². The lowest BCUT2D eigenvalue weighted by Gasteiger charge is -2.25. The van der Waals surface area contributed by atoms with Crippen molar-refractivity contribution in [3.05, 3.63) is 28.7 Å². The Balaban J connectivity index is 2.24. The standard InChI is InChI=1S/C19H23BrN6O2/c1-5-25(6-2)17-9-14(22-11(3)27)16(10-18(17)28-4)26-23-15-8-12(21)7-13(20)19(15)24-26/h7-10H,5-6,21H2,1-4H3,(H,22,27). The molecular weight excluding hydrogens is 424 g/mol. The highest BCUT2D eigenvalue weighted by molar-refractivity contribution is 9.10. The van der Waals surface area contributed by atoms with Gasteiger partial charge in [-0.3, -0.25) is 4.79 Å². The Labute approximate surface area is 171 Å². The van der Waals surface area contributed by atoms with Gasteiger partial charge in [-0.25, -0.2) is 0 Å². The minimum Gasteiger partial charge on any atom is -0.494 e. The minimum atomic E-state index is -0.181. The van der Waals surface area contributed by atoms with Crippen LogP contribution in [0.25, 0.3) is 16.7 Å². The van der Waals surface area contributed by atoms with Crippen LogP contribution in [0.15, 0.2) is 28.7 Å². The molecule has 1 heterocycles. The summed E-state index contributed by atoms with van der Waals surface area (Å²) in [6, 6.07) is 7.25. The van der Waals surface area contributed by atoms with Gasteiger partial charge in [0.2, 0.25) is 5.91 Å². The summed E-state index contributed by atoms with van der Waals surface area (Å²) in [5.74, 6) is 0.492. The van der Waals surface area contributed by atoms with E-state index in [1.165, 1.54) is 11.7 Å². The van der Waals surface area contributed by atoms with Crippen LogP contribution in [-0.2, 0) is 4.79 Å². The number of fused-ring (bicyclic) bond motifs is 1. The number of aromatic nitrogens is 3. The highest BCUT2D eigenvalue weighted by Crippen LogP contribution is 2.36. The molecule has 0 bridgehead atoms. The highest BCUT2D eigenvalue weighted by Gasteiger charge is 2.19. The molecule has 148 valence electrons. The van der Waals surface area contributed by atoms with Crippen LogP contribution in [0.2, 0.25) is 0 Å². The van der Waals surface area contributed by atoms with E-state index < -0.39 is 0 Å². The lowest BCUT2D eigenvalue weighted by Crippen LogP contribution is -2.23. The van der Waals surface area contributed by atoms with Gasteiger partial charge < -0.3 is 20.7 Å². The number of halogens is 1. The summed E-state index contributed by atoms with van der Waals surface area (Å²) in [7, 11) is 1.62. The Hall–Kier alpha value is -2.81. The number of hydrogen-bond acceptors (Lipinski definition) is 6. The van der Waals surface area contributed by atoms with E-state index in [1.807, 2.05) is 12.1 Å². The van der Waals surface area contributed by atoms with Gasteiger partial charge >= 0.3 is 0 Å². The van der Waals surface area contributed by atoms with Crippen LogP contribution < -0.4 is 20.7 Å². The summed E-state index contributed by atoms with van der Waals surface area (Å²) in [6.07, 6.45) is 0. The van der Waals surface area contributed by atoms with Crippen molar-refractivity contribution < 1.29 is 9.53 Å². The Morgan fingerprint density at radius 1 is 1.25 bits per heavy atom. The first kappa shape index (κ1) is 19.9. The number of benzene rings is 2. The first-order chi connectivity index (χ1) is 13.4. The average Bonchev–Trinajstić information content (AvgIpc) is 3.06. The normalized spacial score (nSPS) is 10.9. The van der Waals surface area contributed by atoms with Crippen LogP contribution in [0.1, 0.15) is 20.8 Å². The molecule has 0 aliphatic heterocycles. The number of methoxy groups -OCH3 is 1. The van der Waals surface area contributed by atoms with Crippen molar-refractivity contribution in [3.8, 4) is 11.4 Å². The molecule has 28 heavy (non-hydrogen) atoms. The molecule has 8 nitrogen and oxygen atoms in total. The molecule has 0 aliphatic rings. The van der Waals surface area contributed by atoms with Crippen molar-refractivity contribution in [2.45, 2.75) is 20.8 Å². The van der Waals surface area contributed by atoms with Crippen molar-refractivity contribution in [2.24, 2.45) is 0 Å². The highest BCUT2D eigenvalue weighted by atomic mass is 79.9. The van der Waals surface area contributed by atoms with E-state index in [0.717, 1.165) is 23.2 Å². The summed E-state index contributed by atoms with van der Waals surface area (Å²) in [4.78, 5) is 15.4. The second kappa shape index (κ2) is 8.05. The fraction of sp³-hybridized carbons (Fsp3) is 0.316. The Kier molecular flexibility index (Phi) is 5.73. The number of anilines is 3. The molecule has 0 saturated heterocycles. The van der Waals surface area contributed by atoms with E-state index in [4.69, 9.17) is 10.5 Å². The van der Waals surface area contributed by atoms with Crippen molar-refractivity contribution in [2.75, 3.05) is 36.1 Å². The third-order valence-corrected chi connectivity index (χ3v) is 4.99. The average molecular weight is 447 g/mol. The van der Waals surface area contributed by atoms with Crippen LogP contribution in [0.4, 0.5) is 17.1 Å². The minimum absolute atomic E-state index is 0.181. The van der Waals surface area contributed by atoms with Gasteiger partial charge in [0, 0.05) is 36.2 Å². The monoisotopic (exact) mass is 446 g/mol. The molecule has 0 saturated carbocycles. The van der Waals surface area contributed by atoms with Crippen LogP contribution in [0, 0.1) is 0 Å². The number of hydrogen-bond donors (Lipinski definition) is 2. The van der Waals surface area contributed by atoms with Gasteiger partial charge in [-0.1, -0.05) is 0 Å². The zero-order chi connectivity index (χ0) is 20.4. The van der Waals surface area contributed by atoms with Gasteiger partial charge in [0.05, 0.1) is 18.5 Å². The number of rotatable bonds is 6. The molecule has 1 amide bonds. The molecule has 0 aliphatic carbocycles. The van der Waals surface area contributed by atoms with Gasteiger partial charge in [-0.15, -0.1) is 15.0 Å². The molecule has 3 rings (SSSR count). The van der Waals surface area contributed by atoms with Crippen molar-refractivity contribution >= 4 is 49.9 Å². The van der Waals surface area contributed by atoms with Gasteiger partial charge in [0.25, 0.3) is 0 Å². The molecule has 3 aromatic rings. The molecule has 0 unspecified atom stereocenters. The van der Waals surface area contributed by atoms with Crippen molar-refractivity contribution in [1.82, 2.24) is 15.0 Å². The number of amides is 1. The topological polar surface area (TPSA) is 98.3 Å². The zero-order valence-corrected chi connectivity index (χ0v) is 17.9. The number of nitrogens with zero attached hydrogens (tertiary/aromatic N) is 4. The number of carbonyl (C=O) groups excluding carboxylic acids is 1. The quantitative estimate of drug-likeness (QED) is 0.561. The summed E-state index contributed by atoms with van der Waals surface area (Å²) >= 11 is 3.47. The first-order valence-corrected chi connectivity index (χ1v) is 9.74. The lowest BCUT2D eigenvalue weighted by atomic mass is 10.2. The van der Waals surface area contributed by atoms with Gasteiger partial charge in [0.15, 0.2) is 0 Å². The van der Waals surface area contributed by atoms with Crippen LogP contribution in [0.3, 0.4) is 0 Å². The summed E-state index contributed by atoms with van der Waals surface area (Å²) in [5.41, 5.74) is 9.91. The molecule has 0 atom stereocenters. The molecule has 0 fully saturated rings. The summed E-state index contributed by atoms with van der Waals surface area (Å²) < 4.78 is 6.37. The zero-order valence-electron chi connectivity index (χ0n) is 16.3. The Morgan fingerprint density at radius 2 is 1.96 bits per heavy atom. The number of nitrogen functional groups attached to an aromatic ring is 1. The van der Waals surface area contributed by atoms with Crippen LogP contribution in [0.5, 0.6) is 5.75 Å². The van der Waals surface area contributed by atoms with E-state index in [1.54, 1.807) is 19.2 Å². The molecule has 3 N–H and O–H groups in total. The maximum absolute atomic E-state index is 11.8. The second-order valence-corrected chi connectivity index (χ2v) is 7.11. The van der Waals surface area contributed by atoms with Crippen molar-refractivity contribution in [3.63, 3.8) is 0 Å².